The van der Waals surface area contributed by atoms with Crippen molar-refractivity contribution in [3.63, 3.8) is 0 Å². The van der Waals surface area contributed by atoms with E-state index in [0.29, 0.717) is 0 Å². The minimum Gasteiger partial charge on any atom is -0.444 e. The van der Waals surface area contributed by atoms with Crippen LogP contribution in [0, 0.1) is 11.8 Å². The highest BCUT2D eigenvalue weighted by Crippen LogP contribution is 2.26. The fourth-order valence-electron chi connectivity index (χ4n) is 2.41. The van der Waals surface area contributed by atoms with Crippen molar-refractivity contribution in [2.75, 3.05) is 13.1 Å². The minimum atomic E-state index is -0.384. The van der Waals surface area contributed by atoms with Crippen LogP contribution in [0.25, 0.3) is 0 Å². The molecule has 18 heavy (non-hydrogen) atoms. The molecule has 0 saturated carbocycles. The van der Waals surface area contributed by atoms with E-state index in [1.807, 2.05) is 25.7 Å². The first kappa shape index (κ1) is 15.3. The highest BCUT2D eigenvalue weighted by Gasteiger charge is 2.27. The van der Waals surface area contributed by atoms with Crippen molar-refractivity contribution in [2.24, 2.45) is 11.8 Å². The topological polar surface area (TPSA) is 29.5 Å². The predicted molar refractivity (Wildman–Crippen MR) is 74.6 cm³/mol. The molecular weight excluding hydrogens is 226 g/mol. The molecule has 106 valence electrons. The average Bonchev–Trinajstić information content (AvgIpc) is 2.27. The highest BCUT2D eigenvalue weighted by atomic mass is 16.6. The van der Waals surface area contributed by atoms with Crippen LogP contribution in [-0.2, 0) is 4.74 Å². The van der Waals surface area contributed by atoms with Crippen molar-refractivity contribution in [1.82, 2.24) is 4.90 Å². The van der Waals surface area contributed by atoms with E-state index in [2.05, 4.69) is 13.8 Å². The second-order valence-corrected chi connectivity index (χ2v) is 6.66. The maximum Gasteiger partial charge on any atom is 0.410 e. The van der Waals surface area contributed by atoms with E-state index in [-0.39, 0.29) is 11.7 Å². The zero-order valence-corrected chi connectivity index (χ0v) is 12.7. The van der Waals surface area contributed by atoms with Crippen LogP contribution in [0.4, 0.5) is 4.79 Å². The molecule has 1 aliphatic rings. The van der Waals surface area contributed by atoms with Gasteiger partial charge in [-0.05, 0) is 51.9 Å². The Morgan fingerprint density at radius 1 is 1.33 bits per heavy atom. The van der Waals surface area contributed by atoms with Gasteiger partial charge in [0.25, 0.3) is 0 Å². The summed E-state index contributed by atoms with van der Waals surface area (Å²) in [6.07, 6.45) is 4.67. The normalized spacial score (nSPS) is 19.7. The van der Waals surface area contributed by atoms with Crippen molar-refractivity contribution >= 4 is 6.09 Å². The van der Waals surface area contributed by atoms with Crippen molar-refractivity contribution in [3.05, 3.63) is 0 Å². The van der Waals surface area contributed by atoms with Crippen LogP contribution in [0.2, 0.25) is 0 Å². The van der Waals surface area contributed by atoms with Crippen molar-refractivity contribution in [3.8, 4) is 0 Å². The Balaban J connectivity index is 2.33. The number of amides is 1. The molecule has 1 aliphatic heterocycles. The zero-order valence-electron chi connectivity index (χ0n) is 12.7. The van der Waals surface area contributed by atoms with Gasteiger partial charge >= 0.3 is 6.09 Å². The number of nitrogens with zero attached hydrogens (tertiary/aromatic N) is 1. The summed E-state index contributed by atoms with van der Waals surface area (Å²) < 4.78 is 5.40. The predicted octanol–water partition coefficient (Wildman–Crippen LogP) is 4.07. The molecule has 1 saturated heterocycles. The van der Waals surface area contributed by atoms with Gasteiger partial charge in [0.1, 0.15) is 5.60 Å². The first-order valence-corrected chi connectivity index (χ1v) is 7.29. The molecule has 1 unspecified atom stereocenters. The van der Waals surface area contributed by atoms with Crippen LogP contribution in [0.15, 0.2) is 0 Å². The summed E-state index contributed by atoms with van der Waals surface area (Å²) in [6.45, 7) is 12.0. The maximum atomic E-state index is 11.9. The number of ether oxygens (including phenoxy) is 1. The summed E-state index contributed by atoms with van der Waals surface area (Å²) >= 11 is 0. The highest BCUT2D eigenvalue weighted by molar-refractivity contribution is 5.68. The fourth-order valence-corrected chi connectivity index (χ4v) is 2.41. The van der Waals surface area contributed by atoms with Gasteiger partial charge in [-0.1, -0.05) is 20.3 Å². The first-order chi connectivity index (χ1) is 8.31. The third-order valence-electron chi connectivity index (χ3n) is 3.70. The van der Waals surface area contributed by atoms with Gasteiger partial charge in [-0.25, -0.2) is 4.79 Å². The summed E-state index contributed by atoms with van der Waals surface area (Å²) in [5.41, 5.74) is -0.384. The molecular formula is C15H29NO2. The minimum absolute atomic E-state index is 0.149. The molecule has 3 nitrogen and oxygen atoms in total. The molecule has 1 atom stereocenters. The Morgan fingerprint density at radius 2 is 1.89 bits per heavy atom. The summed E-state index contributed by atoms with van der Waals surface area (Å²) in [5, 5.41) is 0. The van der Waals surface area contributed by atoms with E-state index in [1.54, 1.807) is 0 Å². The zero-order chi connectivity index (χ0) is 13.8. The van der Waals surface area contributed by atoms with Crippen LogP contribution < -0.4 is 0 Å². The molecule has 0 aromatic carbocycles. The van der Waals surface area contributed by atoms with E-state index in [9.17, 15) is 4.79 Å². The maximum absolute atomic E-state index is 11.9. The SMILES string of the molecule is CCC(C)CC1CCN(C(=O)OC(C)(C)C)CC1. The van der Waals surface area contributed by atoms with Gasteiger partial charge in [-0.15, -0.1) is 0 Å². The van der Waals surface area contributed by atoms with Gasteiger partial charge in [-0.3, -0.25) is 0 Å². The van der Waals surface area contributed by atoms with Crippen molar-refractivity contribution < 1.29 is 9.53 Å². The molecule has 1 rings (SSSR count). The van der Waals surface area contributed by atoms with E-state index < -0.39 is 0 Å². The van der Waals surface area contributed by atoms with Gasteiger partial charge in [0, 0.05) is 13.1 Å². The number of carbonyl (C=O) groups excluding carboxylic acids is 1. The summed E-state index contributed by atoms with van der Waals surface area (Å²) in [5.74, 6) is 1.60. The Hall–Kier alpha value is -0.730. The number of piperidine rings is 1. The van der Waals surface area contributed by atoms with Crippen LogP contribution in [-0.4, -0.2) is 29.7 Å². The third-order valence-corrected chi connectivity index (χ3v) is 3.70. The molecule has 0 spiro atoms. The van der Waals surface area contributed by atoms with E-state index in [0.717, 1.165) is 37.8 Å². The van der Waals surface area contributed by atoms with E-state index in [1.165, 1.54) is 12.8 Å². The number of hydrogen-bond donors (Lipinski definition) is 0. The lowest BCUT2D eigenvalue weighted by Crippen LogP contribution is -2.41. The quantitative estimate of drug-likeness (QED) is 0.760. The van der Waals surface area contributed by atoms with Gasteiger partial charge in [0.05, 0.1) is 0 Å². The first-order valence-electron chi connectivity index (χ1n) is 7.29. The van der Waals surface area contributed by atoms with E-state index in [4.69, 9.17) is 4.74 Å². The molecule has 0 aromatic heterocycles. The lowest BCUT2D eigenvalue weighted by atomic mass is 9.87. The van der Waals surface area contributed by atoms with Crippen LogP contribution in [0.3, 0.4) is 0 Å². The monoisotopic (exact) mass is 255 g/mol. The Morgan fingerprint density at radius 3 is 2.33 bits per heavy atom. The fraction of sp³-hybridized carbons (Fsp3) is 0.933. The number of rotatable bonds is 3. The summed E-state index contributed by atoms with van der Waals surface area (Å²) in [6, 6.07) is 0. The molecule has 1 amide bonds. The standard InChI is InChI=1S/C15H29NO2/c1-6-12(2)11-13-7-9-16(10-8-13)14(17)18-15(3,4)5/h12-13H,6-11H2,1-5H3. The lowest BCUT2D eigenvalue weighted by Gasteiger charge is -2.34. The summed E-state index contributed by atoms with van der Waals surface area (Å²) in [7, 11) is 0. The van der Waals surface area contributed by atoms with Crippen molar-refractivity contribution in [1.29, 1.82) is 0 Å². The Bertz CT molecular complexity index is 262. The average molecular weight is 255 g/mol. The molecule has 1 heterocycles. The molecule has 0 aliphatic carbocycles. The third kappa shape index (κ3) is 5.28. The van der Waals surface area contributed by atoms with E-state index >= 15 is 0 Å². The van der Waals surface area contributed by atoms with Crippen molar-refractivity contribution in [2.45, 2.75) is 65.9 Å². The van der Waals surface area contributed by atoms with Gasteiger partial charge < -0.3 is 9.64 Å². The molecule has 0 aromatic rings. The summed E-state index contributed by atoms with van der Waals surface area (Å²) in [4.78, 5) is 13.8. The Kier molecular flexibility index (Phi) is 5.48. The van der Waals surface area contributed by atoms with Gasteiger partial charge in [0.15, 0.2) is 0 Å². The van der Waals surface area contributed by atoms with Gasteiger partial charge in [0.2, 0.25) is 0 Å². The molecule has 0 N–H and O–H groups in total. The molecule has 0 radical (unpaired) electrons. The van der Waals surface area contributed by atoms with Gasteiger partial charge in [-0.2, -0.15) is 0 Å². The molecule has 1 fully saturated rings. The lowest BCUT2D eigenvalue weighted by molar-refractivity contribution is 0.0176. The number of hydrogen-bond acceptors (Lipinski definition) is 2. The number of carbonyl (C=O) groups is 1. The largest absolute Gasteiger partial charge is 0.444 e. The smallest absolute Gasteiger partial charge is 0.410 e. The molecule has 3 heteroatoms. The van der Waals surface area contributed by atoms with Crippen LogP contribution >= 0.6 is 0 Å². The van der Waals surface area contributed by atoms with Crippen LogP contribution in [0.1, 0.15) is 60.3 Å². The second-order valence-electron chi connectivity index (χ2n) is 6.66. The Labute approximate surface area is 112 Å². The number of likely N-dealkylation sites (tertiary alicyclic amines) is 1. The van der Waals surface area contributed by atoms with Crippen LogP contribution in [0.5, 0.6) is 0 Å². The molecule has 0 bridgehead atoms. The second kappa shape index (κ2) is 6.44.